The minimum Gasteiger partial charge on any atom is -0.258 e. The predicted octanol–water partition coefficient (Wildman–Crippen LogP) is 4.34. The Hall–Kier alpha value is -1.20. The molecule has 2 rings (SSSR count). The number of alkyl halides is 1. The summed E-state index contributed by atoms with van der Waals surface area (Å²) in [6.07, 6.45) is 0.619. The van der Waals surface area contributed by atoms with Gasteiger partial charge in [0, 0.05) is 16.5 Å². The van der Waals surface area contributed by atoms with E-state index in [9.17, 15) is 10.1 Å². The standard InChI is InChI=1S/C12H10BrNO2S/c13-11(10-5-6-17-8-10)7-9-3-1-2-4-12(9)14(15)16/h1-6,8,11H,7H2. The lowest BCUT2D eigenvalue weighted by atomic mass is 10.0. The van der Waals surface area contributed by atoms with Crippen LogP contribution >= 0.6 is 27.3 Å². The van der Waals surface area contributed by atoms with Crippen LogP contribution in [0, 0.1) is 10.1 Å². The van der Waals surface area contributed by atoms with Gasteiger partial charge in [0.25, 0.3) is 5.69 Å². The molecule has 0 aliphatic heterocycles. The fraction of sp³-hybridized carbons (Fsp3) is 0.167. The first-order valence-electron chi connectivity index (χ1n) is 5.07. The Morgan fingerprint density at radius 3 is 2.76 bits per heavy atom. The zero-order chi connectivity index (χ0) is 12.3. The molecule has 0 N–H and O–H groups in total. The largest absolute Gasteiger partial charge is 0.272 e. The topological polar surface area (TPSA) is 43.1 Å². The lowest BCUT2D eigenvalue weighted by molar-refractivity contribution is -0.385. The summed E-state index contributed by atoms with van der Waals surface area (Å²) in [6, 6.07) is 8.89. The molecule has 0 saturated carbocycles. The predicted molar refractivity (Wildman–Crippen MR) is 72.8 cm³/mol. The number of halogens is 1. The molecule has 0 aliphatic carbocycles. The molecule has 0 amide bonds. The molecule has 0 aliphatic rings. The lowest BCUT2D eigenvalue weighted by Gasteiger charge is -2.08. The molecule has 0 fully saturated rings. The van der Waals surface area contributed by atoms with E-state index in [-0.39, 0.29) is 15.4 Å². The van der Waals surface area contributed by atoms with Crippen LogP contribution < -0.4 is 0 Å². The molecule has 88 valence electrons. The van der Waals surface area contributed by atoms with E-state index in [0.29, 0.717) is 6.42 Å². The van der Waals surface area contributed by atoms with Crippen molar-refractivity contribution in [1.29, 1.82) is 0 Å². The van der Waals surface area contributed by atoms with Crippen molar-refractivity contribution < 1.29 is 4.92 Å². The Kier molecular flexibility index (Phi) is 3.91. The van der Waals surface area contributed by atoms with E-state index in [1.807, 2.05) is 22.9 Å². The minimum atomic E-state index is -0.331. The van der Waals surface area contributed by atoms with Crippen molar-refractivity contribution in [1.82, 2.24) is 0 Å². The fourth-order valence-corrected chi connectivity index (χ4v) is 3.15. The molecule has 5 heteroatoms. The first-order valence-corrected chi connectivity index (χ1v) is 6.93. The van der Waals surface area contributed by atoms with Crippen molar-refractivity contribution in [3.05, 3.63) is 62.3 Å². The van der Waals surface area contributed by atoms with Crippen molar-refractivity contribution >= 4 is 33.0 Å². The van der Waals surface area contributed by atoms with Crippen LogP contribution in [0.25, 0.3) is 0 Å². The first kappa shape index (κ1) is 12.3. The molecular formula is C12H10BrNO2S. The van der Waals surface area contributed by atoms with E-state index in [1.54, 1.807) is 29.5 Å². The molecule has 0 spiro atoms. The summed E-state index contributed by atoms with van der Waals surface area (Å²) in [5, 5.41) is 14.9. The van der Waals surface area contributed by atoms with E-state index in [2.05, 4.69) is 15.9 Å². The number of para-hydroxylation sites is 1. The van der Waals surface area contributed by atoms with Gasteiger partial charge >= 0.3 is 0 Å². The summed E-state index contributed by atoms with van der Waals surface area (Å²) in [7, 11) is 0. The van der Waals surface area contributed by atoms with Gasteiger partial charge in [-0.3, -0.25) is 10.1 Å². The van der Waals surface area contributed by atoms with Crippen LogP contribution in [0.15, 0.2) is 41.1 Å². The van der Waals surface area contributed by atoms with Gasteiger partial charge < -0.3 is 0 Å². The molecule has 3 nitrogen and oxygen atoms in total. The number of hydrogen-bond acceptors (Lipinski definition) is 3. The molecule has 0 radical (unpaired) electrons. The van der Waals surface area contributed by atoms with Gasteiger partial charge in [0.1, 0.15) is 0 Å². The molecule has 2 aromatic rings. The van der Waals surface area contributed by atoms with Crippen molar-refractivity contribution in [2.24, 2.45) is 0 Å². The van der Waals surface area contributed by atoms with Crippen molar-refractivity contribution in [2.75, 3.05) is 0 Å². The molecule has 1 aromatic heterocycles. The quantitative estimate of drug-likeness (QED) is 0.479. The molecule has 0 bridgehead atoms. The molecule has 1 unspecified atom stereocenters. The van der Waals surface area contributed by atoms with Gasteiger partial charge in [-0.15, -0.1) is 0 Å². The second-order valence-corrected chi connectivity index (χ2v) is 5.50. The van der Waals surface area contributed by atoms with E-state index >= 15 is 0 Å². The number of nitro groups is 1. The van der Waals surface area contributed by atoms with Gasteiger partial charge in [0.15, 0.2) is 0 Å². The maximum absolute atomic E-state index is 10.9. The van der Waals surface area contributed by atoms with Crippen LogP contribution in [0.1, 0.15) is 16.0 Å². The van der Waals surface area contributed by atoms with Crippen LogP contribution in [0.4, 0.5) is 5.69 Å². The first-order chi connectivity index (χ1) is 8.18. The number of benzene rings is 1. The van der Waals surface area contributed by atoms with E-state index in [0.717, 1.165) is 11.1 Å². The van der Waals surface area contributed by atoms with Crippen LogP contribution in [-0.2, 0) is 6.42 Å². The Morgan fingerprint density at radius 1 is 1.35 bits per heavy atom. The summed E-state index contributed by atoms with van der Waals surface area (Å²) in [5.74, 6) is 0. The highest BCUT2D eigenvalue weighted by Gasteiger charge is 2.16. The Balaban J connectivity index is 2.21. The van der Waals surface area contributed by atoms with Crippen molar-refractivity contribution in [2.45, 2.75) is 11.2 Å². The number of thiophene rings is 1. The number of rotatable bonds is 4. The molecule has 17 heavy (non-hydrogen) atoms. The van der Waals surface area contributed by atoms with Gasteiger partial charge in [0.05, 0.1) is 4.92 Å². The zero-order valence-electron chi connectivity index (χ0n) is 8.88. The average molecular weight is 312 g/mol. The lowest BCUT2D eigenvalue weighted by Crippen LogP contribution is -1.99. The maximum atomic E-state index is 10.9. The second-order valence-electron chi connectivity index (χ2n) is 3.61. The molecule has 1 aromatic carbocycles. The highest BCUT2D eigenvalue weighted by atomic mass is 79.9. The van der Waals surface area contributed by atoms with E-state index in [4.69, 9.17) is 0 Å². The van der Waals surface area contributed by atoms with Gasteiger partial charge in [-0.1, -0.05) is 34.1 Å². The summed E-state index contributed by atoms with van der Waals surface area (Å²) in [4.78, 5) is 10.7. The Morgan fingerprint density at radius 2 is 2.12 bits per heavy atom. The Labute approximate surface area is 111 Å². The summed E-state index contributed by atoms with van der Waals surface area (Å²) in [5.41, 5.74) is 2.10. The smallest absolute Gasteiger partial charge is 0.258 e. The monoisotopic (exact) mass is 311 g/mol. The fourth-order valence-electron chi connectivity index (χ4n) is 1.63. The van der Waals surface area contributed by atoms with Crippen molar-refractivity contribution in [3.8, 4) is 0 Å². The molecule has 0 saturated heterocycles. The molecule has 1 heterocycles. The number of hydrogen-bond donors (Lipinski definition) is 0. The van der Waals surface area contributed by atoms with Gasteiger partial charge in [-0.05, 0) is 28.8 Å². The summed E-state index contributed by atoms with van der Waals surface area (Å²) in [6.45, 7) is 0. The van der Waals surface area contributed by atoms with Crippen LogP contribution in [-0.4, -0.2) is 4.92 Å². The molecular weight excluding hydrogens is 302 g/mol. The van der Waals surface area contributed by atoms with Crippen LogP contribution in [0.3, 0.4) is 0 Å². The maximum Gasteiger partial charge on any atom is 0.272 e. The average Bonchev–Trinajstić information content (AvgIpc) is 2.83. The highest BCUT2D eigenvalue weighted by molar-refractivity contribution is 9.09. The minimum absolute atomic E-state index is 0.120. The number of nitrogens with zero attached hydrogens (tertiary/aromatic N) is 1. The highest BCUT2D eigenvalue weighted by Crippen LogP contribution is 2.31. The van der Waals surface area contributed by atoms with Gasteiger partial charge in [-0.2, -0.15) is 11.3 Å². The SMILES string of the molecule is O=[N+]([O-])c1ccccc1CC(Br)c1ccsc1. The van der Waals surface area contributed by atoms with Gasteiger partial charge in [0.2, 0.25) is 0 Å². The van der Waals surface area contributed by atoms with E-state index < -0.39 is 0 Å². The third-order valence-electron chi connectivity index (χ3n) is 2.49. The van der Waals surface area contributed by atoms with Crippen LogP contribution in [0.5, 0.6) is 0 Å². The zero-order valence-corrected chi connectivity index (χ0v) is 11.3. The summed E-state index contributed by atoms with van der Waals surface area (Å²) >= 11 is 5.19. The van der Waals surface area contributed by atoms with E-state index in [1.165, 1.54) is 0 Å². The van der Waals surface area contributed by atoms with Crippen molar-refractivity contribution in [3.63, 3.8) is 0 Å². The van der Waals surface area contributed by atoms with Crippen LogP contribution in [0.2, 0.25) is 0 Å². The summed E-state index contributed by atoms with van der Waals surface area (Å²) < 4.78 is 0. The number of nitro benzene ring substituents is 1. The third-order valence-corrected chi connectivity index (χ3v) is 4.05. The third kappa shape index (κ3) is 2.92. The normalized spacial score (nSPS) is 12.3. The van der Waals surface area contributed by atoms with Gasteiger partial charge in [-0.25, -0.2) is 0 Å². The second kappa shape index (κ2) is 5.42. The molecule has 1 atom stereocenters. The Bertz CT molecular complexity index is 513.